The lowest BCUT2D eigenvalue weighted by Gasteiger charge is -2.21. The molecule has 5 nitrogen and oxygen atoms in total. The first kappa shape index (κ1) is 14.6. The van der Waals surface area contributed by atoms with Gasteiger partial charge in [-0.3, -0.25) is 9.78 Å². The Morgan fingerprint density at radius 1 is 1.33 bits per heavy atom. The Hall–Kier alpha value is -1.46. The minimum atomic E-state index is -0.547. The van der Waals surface area contributed by atoms with Crippen molar-refractivity contribution in [3.05, 3.63) is 24.0 Å². The predicted octanol–water partition coefficient (Wildman–Crippen LogP) is 2.36. The normalized spacial score (nSPS) is 11.7. The van der Waals surface area contributed by atoms with Gasteiger partial charge in [-0.2, -0.15) is 0 Å². The molecule has 0 atom stereocenters. The van der Waals surface area contributed by atoms with E-state index in [4.69, 9.17) is 9.47 Å². The van der Waals surface area contributed by atoms with Crippen molar-refractivity contribution in [1.82, 2.24) is 4.98 Å². The standard InChI is InChI=1S/C13H20N2O3/c1-13(2,3)12(16)15-10-6-7-14-8-9(10)11(17-4)18-5/h6-8,11H,1-5H3,(H,14,15,16). The Labute approximate surface area is 108 Å². The Bertz CT molecular complexity index is 409. The monoisotopic (exact) mass is 252 g/mol. The van der Waals surface area contributed by atoms with Gasteiger partial charge in [0.15, 0.2) is 6.29 Å². The molecule has 0 aliphatic carbocycles. The second-order valence-corrected chi connectivity index (χ2v) is 4.97. The summed E-state index contributed by atoms with van der Waals surface area (Å²) in [4.78, 5) is 16.0. The van der Waals surface area contributed by atoms with Crippen LogP contribution in [0.25, 0.3) is 0 Å². The molecule has 0 aliphatic rings. The zero-order valence-electron chi connectivity index (χ0n) is 11.5. The number of carbonyl (C=O) groups is 1. The number of nitrogens with one attached hydrogen (secondary N) is 1. The molecule has 1 rings (SSSR count). The van der Waals surface area contributed by atoms with Gasteiger partial charge in [0.2, 0.25) is 5.91 Å². The van der Waals surface area contributed by atoms with Gasteiger partial charge >= 0.3 is 0 Å². The number of pyridine rings is 1. The van der Waals surface area contributed by atoms with Crippen molar-refractivity contribution in [2.24, 2.45) is 5.41 Å². The Morgan fingerprint density at radius 3 is 2.44 bits per heavy atom. The number of hydrogen-bond acceptors (Lipinski definition) is 4. The fraction of sp³-hybridized carbons (Fsp3) is 0.538. The minimum absolute atomic E-state index is 0.0686. The maximum absolute atomic E-state index is 12.0. The summed E-state index contributed by atoms with van der Waals surface area (Å²) < 4.78 is 10.4. The van der Waals surface area contributed by atoms with E-state index in [0.717, 1.165) is 0 Å². The number of ether oxygens (including phenoxy) is 2. The van der Waals surface area contributed by atoms with Gasteiger partial charge in [0.1, 0.15) is 0 Å². The van der Waals surface area contributed by atoms with Crippen LogP contribution in [-0.4, -0.2) is 25.1 Å². The first-order valence-corrected chi connectivity index (χ1v) is 5.71. The van der Waals surface area contributed by atoms with Gasteiger partial charge in [0.25, 0.3) is 0 Å². The van der Waals surface area contributed by atoms with Gasteiger partial charge in [-0.25, -0.2) is 0 Å². The quantitative estimate of drug-likeness (QED) is 0.836. The van der Waals surface area contributed by atoms with Crippen LogP contribution >= 0.6 is 0 Å². The van der Waals surface area contributed by atoms with Gasteiger partial charge in [0, 0.05) is 37.6 Å². The van der Waals surface area contributed by atoms with E-state index in [2.05, 4.69) is 10.3 Å². The van der Waals surface area contributed by atoms with E-state index in [1.807, 2.05) is 20.8 Å². The molecule has 18 heavy (non-hydrogen) atoms. The molecule has 1 heterocycles. The molecular formula is C13H20N2O3. The van der Waals surface area contributed by atoms with Crippen molar-refractivity contribution in [3.63, 3.8) is 0 Å². The van der Waals surface area contributed by atoms with Crippen LogP contribution in [0.4, 0.5) is 5.69 Å². The van der Waals surface area contributed by atoms with Crippen LogP contribution in [-0.2, 0) is 14.3 Å². The van der Waals surface area contributed by atoms with Crippen molar-refractivity contribution < 1.29 is 14.3 Å². The summed E-state index contributed by atoms with van der Waals surface area (Å²) in [6, 6.07) is 1.73. The largest absolute Gasteiger partial charge is 0.352 e. The molecular weight excluding hydrogens is 232 g/mol. The number of nitrogens with zero attached hydrogens (tertiary/aromatic N) is 1. The number of methoxy groups -OCH3 is 2. The fourth-order valence-corrected chi connectivity index (χ4v) is 1.37. The van der Waals surface area contributed by atoms with Crippen LogP contribution in [0.5, 0.6) is 0 Å². The van der Waals surface area contributed by atoms with Gasteiger partial charge < -0.3 is 14.8 Å². The molecule has 0 bridgehead atoms. The minimum Gasteiger partial charge on any atom is -0.352 e. The highest BCUT2D eigenvalue weighted by molar-refractivity contribution is 5.95. The Balaban J connectivity index is 2.99. The molecule has 0 saturated heterocycles. The lowest BCUT2D eigenvalue weighted by molar-refractivity contribution is -0.123. The zero-order chi connectivity index (χ0) is 13.8. The Morgan fingerprint density at radius 2 is 1.94 bits per heavy atom. The van der Waals surface area contributed by atoms with Crippen molar-refractivity contribution in [2.45, 2.75) is 27.1 Å². The second-order valence-electron chi connectivity index (χ2n) is 4.97. The van der Waals surface area contributed by atoms with Crippen LogP contribution in [0.2, 0.25) is 0 Å². The molecule has 0 aromatic carbocycles. The van der Waals surface area contributed by atoms with E-state index in [9.17, 15) is 4.79 Å². The maximum Gasteiger partial charge on any atom is 0.229 e. The van der Waals surface area contributed by atoms with E-state index in [-0.39, 0.29) is 5.91 Å². The summed E-state index contributed by atoms with van der Waals surface area (Å²) in [5, 5.41) is 2.86. The molecule has 1 amide bonds. The second kappa shape index (κ2) is 5.93. The number of aromatic nitrogens is 1. The molecule has 0 fully saturated rings. The van der Waals surface area contributed by atoms with Gasteiger partial charge in [-0.1, -0.05) is 20.8 Å². The number of rotatable bonds is 4. The molecule has 0 aliphatic heterocycles. The first-order valence-electron chi connectivity index (χ1n) is 5.71. The number of hydrogen-bond donors (Lipinski definition) is 1. The third kappa shape index (κ3) is 3.51. The van der Waals surface area contributed by atoms with Crippen LogP contribution in [0.1, 0.15) is 32.6 Å². The summed E-state index contributed by atoms with van der Waals surface area (Å²) in [6.07, 6.45) is 2.69. The molecule has 0 unspecified atom stereocenters. The topological polar surface area (TPSA) is 60.5 Å². The third-order valence-corrected chi connectivity index (χ3v) is 2.46. The smallest absolute Gasteiger partial charge is 0.229 e. The average Bonchev–Trinajstić information content (AvgIpc) is 2.31. The van der Waals surface area contributed by atoms with Crippen LogP contribution in [0, 0.1) is 5.41 Å². The van der Waals surface area contributed by atoms with Gasteiger partial charge in [-0.05, 0) is 6.07 Å². The first-order chi connectivity index (χ1) is 8.40. The van der Waals surface area contributed by atoms with E-state index in [1.54, 1.807) is 18.5 Å². The van der Waals surface area contributed by atoms with Crippen LogP contribution in [0.3, 0.4) is 0 Å². The lowest BCUT2D eigenvalue weighted by Crippen LogP contribution is -2.28. The highest BCUT2D eigenvalue weighted by atomic mass is 16.7. The number of carbonyl (C=O) groups excluding carboxylic acids is 1. The average molecular weight is 252 g/mol. The highest BCUT2D eigenvalue weighted by Gasteiger charge is 2.23. The Kier molecular flexibility index (Phi) is 4.81. The van der Waals surface area contributed by atoms with Crippen LogP contribution < -0.4 is 5.32 Å². The predicted molar refractivity (Wildman–Crippen MR) is 69.1 cm³/mol. The summed E-state index contributed by atoms with van der Waals surface area (Å²) in [7, 11) is 3.08. The fourth-order valence-electron chi connectivity index (χ4n) is 1.37. The lowest BCUT2D eigenvalue weighted by atomic mass is 9.95. The molecule has 1 aromatic heterocycles. The highest BCUT2D eigenvalue weighted by Crippen LogP contribution is 2.26. The molecule has 1 aromatic rings. The van der Waals surface area contributed by atoms with Crippen molar-refractivity contribution in [3.8, 4) is 0 Å². The third-order valence-electron chi connectivity index (χ3n) is 2.46. The number of anilines is 1. The molecule has 1 N–H and O–H groups in total. The number of amides is 1. The molecule has 0 saturated carbocycles. The van der Waals surface area contributed by atoms with Crippen molar-refractivity contribution >= 4 is 11.6 Å². The molecule has 0 spiro atoms. The van der Waals surface area contributed by atoms with Gasteiger partial charge in [0.05, 0.1) is 5.69 Å². The van der Waals surface area contributed by atoms with E-state index in [1.165, 1.54) is 14.2 Å². The summed E-state index contributed by atoms with van der Waals surface area (Å²) in [5.74, 6) is -0.0686. The molecule has 0 radical (unpaired) electrons. The molecule has 5 heteroatoms. The maximum atomic E-state index is 12.0. The van der Waals surface area contributed by atoms with Crippen LogP contribution in [0.15, 0.2) is 18.5 Å². The summed E-state index contributed by atoms with van der Waals surface area (Å²) >= 11 is 0. The van der Waals surface area contributed by atoms with E-state index < -0.39 is 11.7 Å². The summed E-state index contributed by atoms with van der Waals surface area (Å²) in [5.41, 5.74) is 0.884. The summed E-state index contributed by atoms with van der Waals surface area (Å²) in [6.45, 7) is 5.56. The van der Waals surface area contributed by atoms with E-state index in [0.29, 0.717) is 11.3 Å². The SMILES string of the molecule is COC(OC)c1cnccc1NC(=O)C(C)(C)C. The van der Waals surface area contributed by atoms with Gasteiger partial charge in [-0.15, -0.1) is 0 Å². The van der Waals surface area contributed by atoms with Crippen molar-refractivity contribution in [1.29, 1.82) is 0 Å². The zero-order valence-corrected chi connectivity index (χ0v) is 11.5. The van der Waals surface area contributed by atoms with E-state index >= 15 is 0 Å². The molecule has 100 valence electrons. The van der Waals surface area contributed by atoms with Crippen molar-refractivity contribution in [2.75, 3.05) is 19.5 Å².